The van der Waals surface area contributed by atoms with Crippen LogP contribution < -0.4 is 28.4 Å². The Morgan fingerprint density at radius 2 is 1.09 bits per heavy atom. The first kappa shape index (κ1) is 31.6. The van der Waals surface area contributed by atoms with E-state index in [9.17, 15) is 9.59 Å². The number of likely N-dealkylation sites (N-methyl/N-ethyl adjacent to an activating group) is 1. The summed E-state index contributed by atoms with van der Waals surface area (Å²) in [6.07, 6.45) is 7.33. The number of hydrogen-bond acceptors (Lipinski definition) is 11. The summed E-state index contributed by atoms with van der Waals surface area (Å²) in [4.78, 5) is 27.7. The number of esters is 2. The van der Waals surface area contributed by atoms with Crippen molar-refractivity contribution in [2.75, 3.05) is 49.7 Å². The topological polar surface area (TPSA) is 111 Å². The SMILES string of the molecule is COc1cc(/C=C/C(=O)O[C@H]2C[C@H]3C[C@@H](OC(=O)/C=C/c4cc(OC)c(OC)c(OC)c4)[C@@H](C2)N3C)cc(OC)c1OC. The van der Waals surface area contributed by atoms with E-state index in [2.05, 4.69) is 4.90 Å². The molecule has 0 aromatic heterocycles. The molecule has 2 aromatic carbocycles. The highest BCUT2D eigenvalue weighted by atomic mass is 16.6. The maximum absolute atomic E-state index is 12.8. The van der Waals surface area contributed by atoms with Gasteiger partial charge in [-0.3, -0.25) is 4.90 Å². The lowest BCUT2D eigenvalue weighted by molar-refractivity contribution is -0.149. The molecule has 2 fully saturated rings. The van der Waals surface area contributed by atoms with E-state index in [0.717, 1.165) is 0 Å². The van der Waals surface area contributed by atoms with Crippen molar-refractivity contribution in [3.05, 3.63) is 47.5 Å². The molecule has 0 radical (unpaired) electrons. The number of nitrogens with zero attached hydrogens (tertiary/aromatic N) is 1. The van der Waals surface area contributed by atoms with E-state index < -0.39 is 11.9 Å². The number of methoxy groups -OCH3 is 6. The van der Waals surface area contributed by atoms with E-state index in [1.54, 1.807) is 36.4 Å². The van der Waals surface area contributed by atoms with Crippen molar-refractivity contribution in [3.63, 3.8) is 0 Å². The largest absolute Gasteiger partial charge is 0.493 e. The predicted molar refractivity (Wildman–Crippen MR) is 159 cm³/mol. The summed E-state index contributed by atoms with van der Waals surface area (Å²) in [6.45, 7) is 0. The van der Waals surface area contributed by atoms with Gasteiger partial charge in [0.1, 0.15) is 12.2 Å². The minimum absolute atomic E-state index is 0.0610. The Bertz CT molecular complexity index is 1320. The van der Waals surface area contributed by atoms with E-state index in [-0.39, 0.29) is 24.3 Å². The van der Waals surface area contributed by atoms with Gasteiger partial charge in [0, 0.05) is 37.5 Å². The summed E-state index contributed by atoms with van der Waals surface area (Å²) in [7, 11) is 11.2. The Morgan fingerprint density at radius 1 is 0.651 bits per heavy atom. The number of carbonyl (C=O) groups is 2. The molecule has 4 atom stereocenters. The summed E-state index contributed by atoms with van der Waals surface area (Å²) in [6, 6.07) is 7.06. The zero-order valence-electron chi connectivity index (χ0n) is 25.6. The fraction of sp³-hybridized carbons (Fsp3) is 0.438. The molecule has 0 aliphatic carbocycles. The molecule has 2 heterocycles. The molecule has 2 aromatic rings. The van der Waals surface area contributed by atoms with Gasteiger partial charge in [-0.1, -0.05) is 0 Å². The molecule has 0 spiro atoms. The minimum atomic E-state index is -0.457. The number of benzene rings is 2. The van der Waals surface area contributed by atoms with E-state index in [4.69, 9.17) is 37.9 Å². The van der Waals surface area contributed by atoms with Crippen molar-refractivity contribution < 1.29 is 47.5 Å². The molecule has 2 aliphatic rings. The number of carbonyl (C=O) groups excluding carboxylic acids is 2. The standard InChI is InChI=1S/C32H39NO10/c1-33-21-16-22(42-29(34)10-8-19-12-25(36-2)31(40-6)26(13-19)37-3)18-23(33)24(17-21)43-30(35)11-9-20-14-27(38-4)32(41-7)28(15-20)39-5/h8-15,21-24H,16-18H2,1-7H3/b10-8+,11-9+/t21-,22-,23+,24+/m0/s1. The van der Waals surface area contributed by atoms with Gasteiger partial charge < -0.3 is 37.9 Å². The Kier molecular flexibility index (Phi) is 10.4. The highest BCUT2D eigenvalue weighted by Gasteiger charge is 2.47. The normalized spacial score (nSPS) is 21.5. The fourth-order valence-electron chi connectivity index (χ4n) is 5.71. The third-order valence-corrected chi connectivity index (χ3v) is 7.82. The second kappa shape index (κ2) is 14.2. The first-order chi connectivity index (χ1) is 20.7. The molecule has 0 N–H and O–H groups in total. The van der Waals surface area contributed by atoms with Crippen LogP contribution in [0.3, 0.4) is 0 Å². The quantitative estimate of drug-likeness (QED) is 0.260. The highest BCUT2D eigenvalue weighted by Crippen LogP contribution is 2.40. The average molecular weight is 598 g/mol. The van der Waals surface area contributed by atoms with Crippen LogP contribution >= 0.6 is 0 Å². The van der Waals surface area contributed by atoms with Crippen molar-refractivity contribution in [1.29, 1.82) is 0 Å². The van der Waals surface area contributed by atoms with Gasteiger partial charge in [-0.25, -0.2) is 9.59 Å². The van der Waals surface area contributed by atoms with Crippen molar-refractivity contribution >= 4 is 24.1 Å². The molecule has 11 nitrogen and oxygen atoms in total. The number of fused-ring (bicyclic) bond motifs is 2. The Balaban J connectivity index is 1.36. The van der Waals surface area contributed by atoms with Gasteiger partial charge in [-0.05, 0) is 54.6 Å². The van der Waals surface area contributed by atoms with E-state index in [1.807, 2.05) is 7.05 Å². The molecular weight excluding hydrogens is 558 g/mol. The molecular formula is C32H39NO10. The van der Waals surface area contributed by atoms with Crippen molar-refractivity contribution in [2.45, 2.75) is 43.6 Å². The second-order valence-electron chi connectivity index (χ2n) is 10.2. The zero-order valence-corrected chi connectivity index (χ0v) is 25.6. The number of ether oxygens (including phenoxy) is 8. The number of rotatable bonds is 12. The van der Waals surface area contributed by atoms with E-state index in [1.165, 1.54) is 54.8 Å². The third-order valence-electron chi connectivity index (χ3n) is 7.82. The fourth-order valence-corrected chi connectivity index (χ4v) is 5.71. The molecule has 2 saturated heterocycles. The maximum Gasteiger partial charge on any atom is 0.331 e. The van der Waals surface area contributed by atoms with Crippen LogP contribution in [0.1, 0.15) is 30.4 Å². The summed E-state index contributed by atoms with van der Waals surface area (Å²) in [5.74, 6) is 1.98. The number of hydrogen-bond donors (Lipinski definition) is 0. The lowest BCUT2D eigenvalue weighted by atomic mass is 10.0. The number of piperidine rings is 1. The van der Waals surface area contributed by atoms with Crippen LogP contribution in [0.2, 0.25) is 0 Å². The van der Waals surface area contributed by atoms with Crippen molar-refractivity contribution in [3.8, 4) is 34.5 Å². The molecule has 232 valence electrons. The molecule has 43 heavy (non-hydrogen) atoms. The molecule has 11 heteroatoms. The summed E-state index contributed by atoms with van der Waals surface area (Å²) in [5.41, 5.74) is 1.39. The van der Waals surface area contributed by atoms with Crippen LogP contribution in [-0.2, 0) is 19.1 Å². The van der Waals surface area contributed by atoms with Gasteiger partial charge >= 0.3 is 11.9 Å². The summed E-state index contributed by atoms with van der Waals surface area (Å²) < 4.78 is 43.9. The minimum Gasteiger partial charge on any atom is -0.493 e. The molecule has 0 amide bonds. The van der Waals surface area contributed by atoms with Gasteiger partial charge in [0.05, 0.1) is 48.7 Å². The molecule has 0 saturated carbocycles. The molecule has 4 rings (SSSR count). The van der Waals surface area contributed by atoms with Gasteiger partial charge in [-0.2, -0.15) is 0 Å². The Labute approximate surface area is 251 Å². The average Bonchev–Trinajstić information content (AvgIpc) is 3.17. The molecule has 2 bridgehead atoms. The van der Waals surface area contributed by atoms with Crippen LogP contribution in [0.25, 0.3) is 12.2 Å². The van der Waals surface area contributed by atoms with Gasteiger partial charge in [0.25, 0.3) is 0 Å². The first-order valence-electron chi connectivity index (χ1n) is 13.8. The van der Waals surface area contributed by atoms with Crippen LogP contribution in [0, 0.1) is 0 Å². The van der Waals surface area contributed by atoms with Crippen LogP contribution in [0.4, 0.5) is 0 Å². The van der Waals surface area contributed by atoms with Gasteiger partial charge in [0.15, 0.2) is 23.0 Å². The first-order valence-corrected chi connectivity index (χ1v) is 13.8. The summed E-state index contributed by atoms with van der Waals surface area (Å²) >= 11 is 0. The Morgan fingerprint density at radius 3 is 1.51 bits per heavy atom. The van der Waals surface area contributed by atoms with Crippen LogP contribution in [0.5, 0.6) is 34.5 Å². The van der Waals surface area contributed by atoms with Gasteiger partial charge in [-0.15, -0.1) is 0 Å². The van der Waals surface area contributed by atoms with Crippen LogP contribution in [-0.4, -0.2) is 90.8 Å². The third kappa shape index (κ3) is 7.16. The summed E-state index contributed by atoms with van der Waals surface area (Å²) in [5, 5.41) is 0. The van der Waals surface area contributed by atoms with Crippen molar-refractivity contribution in [2.24, 2.45) is 0 Å². The van der Waals surface area contributed by atoms with Gasteiger partial charge in [0.2, 0.25) is 11.5 Å². The van der Waals surface area contributed by atoms with Crippen molar-refractivity contribution in [1.82, 2.24) is 4.90 Å². The zero-order chi connectivity index (χ0) is 31.1. The lowest BCUT2D eigenvalue weighted by Crippen LogP contribution is -2.45. The maximum atomic E-state index is 12.8. The monoisotopic (exact) mass is 597 g/mol. The molecule has 2 aliphatic heterocycles. The lowest BCUT2D eigenvalue weighted by Gasteiger charge is -2.36. The second-order valence-corrected chi connectivity index (χ2v) is 10.2. The smallest absolute Gasteiger partial charge is 0.331 e. The van der Waals surface area contributed by atoms with Crippen LogP contribution in [0.15, 0.2) is 36.4 Å². The Hall–Kier alpha value is -4.38. The highest BCUT2D eigenvalue weighted by molar-refractivity contribution is 5.88. The molecule has 0 unspecified atom stereocenters. The van der Waals surface area contributed by atoms with E-state index in [0.29, 0.717) is 64.9 Å². The predicted octanol–water partition coefficient (Wildman–Crippen LogP) is 4.15. The van der Waals surface area contributed by atoms with E-state index >= 15 is 0 Å².